The average molecular weight is 586 g/mol. The second-order valence-electron chi connectivity index (χ2n) is 12.1. The summed E-state index contributed by atoms with van der Waals surface area (Å²) in [5.41, 5.74) is 6.73. The van der Waals surface area contributed by atoms with Crippen molar-refractivity contribution in [2.45, 2.75) is 71.3 Å². The molecule has 0 radical (unpaired) electrons. The van der Waals surface area contributed by atoms with Gasteiger partial charge in [0.25, 0.3) is 0 Å². The van der Waals surface area contributed by atoms with Gasteiger partial charge in [0, 0.05) is 42.6 Å². The van der Waals surface area contributed by atoms with Gasteiger partial charge in [-0.2, -0.15) is 0 Å². The molecule has 0 unspecified atom stereocenters. The molecule has 1 fully saturated rings. The molecule has 1 saturated heterocycles. The molecule has 3 aliphatic heterocycles. The number of carboxylic acids is 1. The van der Waals surface area contributed by atoms with Crippen molar-refractivity contribution in [2.24, 2.45) is 0 Å². The van der Waals surface area contributed by atoms with Gasteiger partial charge in [-0.05, 0) is 93.3 Å². The van der Waals surface area contributed by atoms with E-state index in [0.717, 1.165) is 96.6 Å². The predicted octanol–water partition coefficient (Wildman–Crippen LogP) is 7.24. The summed E-state index contributed by atoms with van der Waals surface area (Å²) in [4.78, 5) is 19.6. The number of hydrogen-bond acceptors (Lipinski definition) is 5. The summed E-state index contributed by atoms with van der Waals surface area (Å²) in [5.74, 6) is 0.391. The van der Waals surface area contributed by atoms with Crippen LogP contribution in [0.15, 0.2) is 48.7 Å². The van der Waals surface area contributed by atoms with Crippen LogP contribution in [-0.4, -0.2) is 52.4 Å². The molecule has 0 amide bonds. The van der Waals surface area contributed by atoms with E-state index in [0.29, 0.717) is 24.5 Å². The highest BCUT2D eigenvalue weighted by Gasteiger charge is 2.33. The van der Waals surface area contributed by atoms with Crippen LogP contribution in [0, 0.1) is 12.7 Å². The van der Waals surface area contributed by atoms with E-state index in [1.165, 1.54) is 12.1 Å². The number of hydrogen-bond donors (Lipinski definition) is 1. The van der Waals surface area contributed by atoms with Crippen LogP contribution < -0.4 is 9.64 Å². The van der Waals surface area contributed by atoms with Gasteiger partial charge < -0.3 is 19.5 Å². The lowest BCUT2D eigenvalue weighted by molar-refractivity contribution is -0.136. The first-order chi connectivity index (χ1) is 20.8. The lowest BCUT2D eigenvalue weighted by Gasteiger charge is -2.41. The Balaban J connectivity index is 1.53. The highest BCUT2D eigenvalue weighted by Crippen LogP contribution is 2.38. The number of aromatic nitrogens is 2. The minimum absolute atomic E-state index is 0.0558. The SMILES string of the molecule is CCc1c(C)c(CC(=O)O)c2n3cc(nc13)-c1cccc(c1)-c1cc(F)ccc1OCCCCCOC1(C)CCN2CC1. The minimum Gasteiger partial charge on any atom is -0.493 e. The van der Waals surface area contributed by atoms with Crippen molar-refractivity contribution in [3.8, 4) is 28.1 Å². The Labute approximate surface area is 252 Å². The zero-order chi connectivity index (χ0) is 30.1. The molecular formula is C35H40FN3O4. The number of pyridine rings is 1. The van der Waals surface area contributed by atoms with Gasteiger partial charge in [-0.1, -0.05) is 25.1 Å². The van der Waals surface area contributed by atoms with Gasteiger partial charge in [0.05, 0.1) is 24.3 Å². The lowest BCUT2D eigenvalue weighted by atomic mass is 9.92. The van der Waals surface area contributed by atoms with Crippen LogP contribution in [-0.2, 0) is 22.4 Å². The number of imidazole rings is 1. The Hall–Kier alpha value is -3.91. The van der Waals surface area contributed by atoms with Gasteiger partial charge in [-0.15, -0.1) is 0 Å². The van der Waals surface area contributed by atoms with E-state index in [1.807, 2.05) is 37.4 Å². The Morgan fingerprint density at radius 3 is 2.58 bits per heavy atom. The first kappa shape index (κ1) is 29.2. The van der Waals surface area contributed by atoms with Crippen LogP contribution in [0.3, 0.4) is 0 Å². The molecule has 6 bridgehead atoms. The Bertz CT molecular complexity index is 1650. The van der Waals surface area contributed by atoms with Crippen molar-refractivity contribution in [1.29, 1.82) is 0 Å². The van der Waals surface area contributed by atoms with E-state index in [2.05, 4.69) is 23.1 Å². The number of fused-ring (bicyclic) bond motifs is 8. The molecular weight excluding hydrogens is 545 g/mol. The number of ether oxygens (including phenoxy) is 2. The molecule has 3 aliphatic rings. The zero-order valence-corrected chi connectivity index (χ0v) is 25.3. The average Bonchev–Trinajstić information content (AvgIpc) is 3.43. The maximum absolute atomic E-state index is 14.5. The van der Waals surface area contributed by atoms with Gasteiger partial charge in [0.2, 0.25) is 0 Å². The summed E-state index contributed by atoms with van der Waals surface area (Å²) in [7, 11) is 0. The summed E-state index contributed by atoms with van der Waals surface area (Å²) in [5, 5.41) is 9.94. The van der Waals surface area contributed by atoms with Crippen molar-refractivity contribution >= 4 is 17.4 Å². The number of anilines is 1. The third-order valence-corrected chi connectivity index (χ3v) is 9.09. The molecule has 2 aromatic heterocycles. The van der Waals surface area contributed by atoms with E-state index < -0.39 is 5.97 Å². The van der Waals surface area contributed by atoms with Gasteiger partial charge in [0.1, 0.15) is 23.0 Å². The van der Waals surface area contributed by atoms with Crippen LogP contribution in [0.1, 0.15) is 62.6 Å². The lowest BCUT2D eigenvalue weighted by Crippen LogP contribution is -2.45. The van der Waals surface area contributed by atoms with Crippen molar-refractivity contribution in [3.63, 3.8) is 0 Å². The molecule has 7 rings (SSSR count). The fourth-order valence-corrected chi connectivity index (χ4v) is 6.60. The van der Waals surface area contributed by atoms with E-state index >= 15 is 0 Å². The summed E-state index contributed by atoms with van der Waals surface area (Å²) < 4.78 is 29.2. The molecule has 2 aromatic carbocycles. The Morgan fingerprint density at radius 1 is 1.05 bits per heavy atom. The molecule has 8 heteroatoms. The number of halogens is 1. The molecule has 0 spiro atoms. The van der Waals surface area contributed by atoms with E-state index in [-0.39, 0.29) is 17.8 Å². The van der Waals surface area contributed by atoms with E-state index in [1.54, 1.807) is 6.07 Å². The number of benzene rings is 2. The summed E-state index contributed by atoms with van der Waals surface area (Å²) in [6, 6.07) is 12.6. The third kappa shape index (κ3) is 5.85. The van der Waals surface area contributed by atoms with Crippen LogP contribution in [0.2, 0.25) is 0 Å². The van der Waals surface area contributed by atoms with Gasteiger partial charge in [-0.3, -0.25) is 9.20 Å². The van der Waals surface area contributed by atoms with E-state index in [9.17, 15) is 14.3 Å². The van der Waals surface area contributed by atoms with Crippen molar-refractivity contribution < 1.29 is 23.8 Å². The van der Waals surface area contributed by atoms with Crippen molar-refractivity contribution in [1.82, 2.24) is 9.38 Å². The third-order valence-electron chi connectivity index (χ3n) is 9.09. The number of rotatable bonds is 3. The smallest absolute Gasteiger partial charge is 0.307 e. The molecule has 0 saturated carbocycles. The number of carbonyl (C=O) groups is 1. The standard InChI is InChI=1S/C35H40FN3O4/c1-4-27-23(2)28(21-32(40)41)34-38-15-13-35(3,14-16-38)43-18-7-5-6-17-42-31-12-11-26(36)20-29(31)24-9-8-10-25(19-24)30-22-39(34)33(27)37-30/h8-12,19-20,22H,4-7,13-18,21H2,1-3H3,(H,40,41). The molecule has 4 aromatic rings. The molecule has 7 nitrogen and oxygen atoms in total. The zero-order valence-electron chi connectivity index (χ0n) is 25.3. The fraction of sp³-hybridized carbons (Fsp3) is 0.429. The normalized spacial score (nSPS) is 17.1. The molecule has 43 heavy (non-hydrogen) atoms. The number of nitrogens with zero attached hydrogens (tertiary/aromatic N) is 3. The van der Waals surface area contributed by atoms with Crippen LogP contribution >= 0.6 is 0 Å². The predicted molar refractivity (Wildman–Crippen MR) is 167 cm³/mol. The molecule has 0 aliphatic carbocycles. The largest absolute Gasteiger partial charge is 0.493 e. The van der Waals surface area contributed by atoms with Gasteiger partial charge >= 0.3 is 5.97 Å². The second kappa shape index (κ2) is 12.0. The summed E-state index contributed by atoms with van der Waals surface area (Å²) >= 11 is 0. The molecule has 5 heterocycles. The second-order valence-corrected chi connectivity index (χ2v) is 12.1. The topological polar surface area (TPSA) is 76.3 Å². The summed E-state index contributed by atoms with van der Waals surface area (Å²) in [6.07, 6.45) is 7.23. The van der Waals surface area contributed by atoms with Crippen LogP contribution in [0.4, 0.5) is 10.2 Å². The van der Waals surface area contributed by atoms with Crippen molar-refractivity contribution in [3.05, 3.63) is 71.2 Å². The number of carboxylic acid groups (broad SMARTS) is 1. The molecule has 1 N–H and O–H groups in total. The van der Waals surface area contributed by atoms with Gasteiger partial charge in [0.15, 0.2) is 0 Å². The first-order valence-corrected chi connectivity index (χ1v) is 15.4. The van der Waals surface area contributed by atoms with Crippen LogP contribution in [0.5, 0.6) is 5.75 Å². The maximum atomic E-state index is 14.5. The first-order valence-electron chi connectivity index (χ1n) is 15.4. The highest BCUT2D eigenvalue weighted by atomic mass is 19.1. The Morgan fingerprint density at radius 2 is 1.81 bits per heavy atom. The monoisotopic (exact) mass is 585 g/mol. The minimum atomic E-state index is -0.849. The fourth-order valence-electron chi connectivity index (χ4n) is 6.60. The molecule has 226 valence electrons. The van der Waals surface area contributed by atoms with E-state index in [4.69, 9.17) is 14.5 Å². The molecule has 0 atom stereocenters. The Kier molecular flexibility index (Phi) is 8.14. The van der Waals surface area contributed by atoms with Gasteiger partial charge in [-0.25, -0.2) is 9.37 Å². The maximum Gasteiger partial charge on any atom is 0.307 e. The number of piperidine rings is 1. The highest BCUT2D eigenvalue weighted by molar-refractivity contribution is 5.79. The number of aliphatic carboxylic acids is 1. The quantitative estimate of drug-likeness (QED) is 0.273. The summed E-state index contributed by atoms with van der Waals surface area (Å²) in [6.45, 7) is 9.08. The number of aryl methyl sites for hydroxylation is 1. The van der Waals surface area contributed by atoms with Crippen LogP contribution in [0.25, 0.3) is 28.0 Å². The van der Waals surface area contributed by atoms with Crippen molar-refractivity contribution in [2.75, 3.05) is 31.2 Å².